The largest absolute Gasteiger partial charge is 0.459 e. The average molecular weight is 666 g/mol. The van der Waals surface area contributed by atoms with E-state index in [4.69, 9.17) is 29.8 Å². The van der Waals surface area contributed by atoms with Crippen molar-refractivity contribution in [3.8, 4) is 0 Å². The van der Waals surface area contributed by atoms with Crippen molar-refractivity contribution in [3.05, 3.63) is 48.0 Å². The van der Waals surface area contributed by atoms with Gasteiger partial charge in [-0.15, -0.1) is 0 Å². The molecule has 0 aliphatic carbocycles. The van der Waals surface area contributed by atoms with Crippen molar-refractivity contribution >= 4 is 12.3 Å². The van der Waals surface area contributed by atoms with Gasteiger partial charge in [0.15, 0.2) is 0 Å². The highest BCUT2D eigenvalue weighted by molar-refractivity contribution is 5.66. The molecule has 2 rings (SSSR count). The first kappa shape index (κ1) is 46.5. The number of aldehydes is 1. The fourth-order valence-electron chi connectivity index (χ4n) is 5.50. The molecule has 47 heavy (non-hydrogen) atoms. The average Bonchev–Trinajstić information content (AvgIpc) is 3.03. The molecule has 9 atom stereocenters. The quantitative estimate of drug-likeness (QED) is 0.0652. The third kappa shape index (κ3) is 21.1. The Morgan fingerprint density at radius 3 is 2.21 bits per heavy atom. The number of aliphatic hydroxyl groups excluding tert-OH is 1. The Morgan fingerprint density at radius 1 is 1.02 bits per heavy atom. The third-order valence-corrected chi connectivity index (χ3v) is 8.07. The zero-order chi connectivity index (χ0) is 36.4. The number of hydrogen-bond donors (Lipinski definition) is 4. The first-order valence-electron chi connectivity index (χ1n) is 17.8. The van der Waals surface area contributed by atoms with Crippen LogP contribution in [-0.4, -0.2) is 61.2 Å². The van der Waals surface area contributed by atoms with E-state index < -0.39 is 0 Å². The summed E-state index contributed by atoms with van der Waals surface area (Å²) in [5, 5.41) is 14.0. The first-order chi connectivity index (χ1) is 22.4. The number of nitrogens with one attached hydrogen (secondary N) is 2. The van der Waals surface area contributed by atoms with Crippen molar-refractivity contribution in [2.45, 2.75) is 158 Å². The van der Waals surface area contributed by atoms with Gasteiger partial charge in [0, 0.05) is 19.7 Å². The van der Waals surface area contributed by atoms with Gasteiger partial charge in [0.25, 0.3) is 0 Å². The van der Waals surface area contributed by atoms with Crippen molar-refractivity contribution in [3.63, 3.8) is 0 Å². The lowest BCUT2D eigenvalue weighted by molar-refractivity contribution is -0.143. The SMILES string of the molecule is CC.CC/C=C(/N)NC1CCCC(/C=C/C(C)C(C)CC2OC(C)C(NC(/C=C\C(C)OC(C)=O)=C/CC)CC2C)O1.CC=O.CO. The van der Waals surface area contributed by atoms with E-state index in [0.717, 1.165) is 64.0 Å². The fraction of sp³-hybridized carbons (Fsp3) is 0.737. The van der Waals surface area contributed by atoms with E-state index in [1.807, 2.05) is 39.0 Å². The molecular weight excluding hydrogens is 594 g/mol. The second-order valence-electron chi connectivity index (χ2n) is 12.1. The Balaban J connectivity index is 0. The summed E-state index contributed by atoms with van der Waals surface area (Å²) in [6, 6.07) is 0.233. The summed E-state index contributed by atoms with van der Waals surface area (Å²) in [6.45, 7) is 22.1. The summed E-state index contributed by atoms with van der Waals surface area (Å²) in [5.74, 6) is 1.83. The highest BCUT2D eigenvalue weighted by atomic mass is 16.5. The number of aliphatic hydroxyl groups is 1. The number of carbonyl (C=O) groups is 2. The molecule has 9 nitrogen and oxygen atoms in total. The molecule has 0 aromatic heterocycles. The highest BCUT2D eigenvalue weighted by Crippen LogP contribution is 2.32. The minimum atomic E-state index is -0.270. The molecular formula is C38H71N3O6. The molecule has 2 saturated heterocycles. The summed E-state index contributed by atoms with van der Waals surface area (Å²) < 4.78 is 18.1. The molecule has 0 bridgehead atoms. The van der Waals surface area contributed by atoms with Crippen LogP contribution in [0.5, 0.6) is 0 Å². The number of ether oxygens (including phenoxy) is 3. The molecule has 0 aromatic carbocycles. The summed E-state index contributed by atoms with van der Waals surface area (Å²) in [4.78, 5) is 20.0. The van der Waals surface area contributed by atoms with Crippen LogP contribution in [0.15, 0.2) is 48.0 Å². The Bertz CT molecular complexity index is 934. The molecule has 2 fully saturated rings. The minimum absolute atomic E-state index is 0.0149. The molecule has 0 aromatic rings. The fourth-order valence-corrected chi connectivity index (χ4v) is 5.50. The smallest absolute Gasteiger partial charge is 0.303 e. The Morgan fingerprint density at radius 2 is 1.64 bits per heavy atom. The molecule has 274 valence electrons. The Kier molecular flexibility index (Phi) is 28.1. The number of esters is 1. The molecule has 2 aliphatic rings. The lowest BCUT2D eigenvalue weighted by Gasteiger charge is -2.41. The monoisotopic (exact) mass is 666 g/mol. The van der Waals surface area contributed by atoms with E-state index in [9.17, 15) is 4.79 Å². The van der Waals surface area contributed by atoms with Crippen LogP contribution in [-0.2, 0) is 23.8 Å². The van der Waals surface area contributed by atoms with Gasteiger partial charge in [0.2, 0.25) is 0 Å². The lowest BCUT2D eigenvalue weighted by atomic mass is 9.82. The molecule has 0 radical (unpaired) electrons. The number of allylic oxidation sites excluding steroid dienone is 4. The van der Waals surface area contributed by atoms with E-state index >= 15 is 0 Å². The van der Waals surface area contributed by atoms with Crippen molar-refractivity contribution in [2.24, 2.45) is 23.5 Å². The van der Waals surface area contributed by atoms with Crippen LogP contribution in [0.1, 0.15) is 121 Å². The van der Waals surface area contributed by atoms with Crippen LogP contribution in [0.25, 0.3) is 0 Å². The van der Waals surface area contributed by atoms with E-state index in [2.05, 4.69) is 70.4 Å². The number of rotatable bonds is 14. The van der Waals surface area contributed by atoms with Crippen molar-refractivity contribution in [1.82, 2.24) is 10.6 Å². The maximum absolute atomic E-state index is 11.2. The second-order valence-corrected chi connectivity index (χ2v) is 12.1. The normalized spacial score (nSPS) is 26.7. The maximum Gasteiger partial charge on any atom is 0.303 e. The maximum atomic E-state index is 11.2. The van der Waals surface area contributed by atoms with Crippen molar-refractivity contribution in [1.29, 1.82) is 0 Å². The van der Waals surface area contributed by atoms with Gasteiger partial charge in [-0.1, -0.05) is 66.7 Å². The first-order valence-corrected chi connectivity index (χ1v) is 17.8. The summed E-state index contributed by atoms with van der Waals surface area (Å²) >= 11 is 0. The van der Waals surface area contributed by atoms with E-state index in [0.29, 0.717) is 23.6 Å². The van der Waals surface area contributed by atoms with Gasteiger partial charge in [-0.3, -0.25) is 4.79 Å². The van der Waals surface area contributed by atoms with Crippen molar-refractivity contribution < 1.29 is 28.9 Å². The molecule has 0 spiro atoms. The van der Waals surface area contributed by atoms with Crippen LogP contribution in [0.3, 0.4) is 0 Å². The number of carbonyl (C=O) groups excluding carboxylic acids is 2. The summed E-state index contributed by atoms with van der Waals surface area (Å²) in [6.07, 6.45) is 20.7. The summed E-state index contributed by atoms with van der Waals surface area (Å²) in [5.41, 5.74) is 7.08. The van der Waals surface area contributed by atoms with E-state index in [-0.39, 0.29) is 42.7 Å². The topological polar surface area (TPSA) is 132 Å². The zero-order valence-corrected chi connectivity index (χ0v) is 31.8. The van der Waals surface area contributed by atoms with Crippen LogP contribution in [0, 0.1) is 17.8 Å². The van der Waals surface area contributed by atoms with Gasteiger partial charge < -0.3 is 40.5 Å². The second kappa shape index (κ2) is 28.4. The van der Waals surface area contributed by atoms with Gasteiger partial charge in [-0.25, -0.2) is 0 Å². The zero-order valence-electron chi connectivity index (χ0n) is 31.8. The van der Waals surface area contributed by atoms with Gasteiger partial charge >= 0.3 is 5.97 Å². The molecule has 2 aliphatic heterocycles. The highest BCUT2D eigenvalue weighted by Gasteiger charge is 2.35. The van der Waals surface area contributed by atoms with E-state index in [1.54, 1.807) is 0 Å². The summed E-state index contributed by atoms with van der Waals surface area (Å²) in [7, 11) is 1.00. The van der Waals surface area contributed by atoms with E-state index in [1.165, 1.54) is 13.8 Å². The number of nitrogens with two attached hydrogens (primary N) is 1. The minimum Gasteiger partial charge on any atom is -0.459 e. The molecule has 2 heterocycles. The van der Waals surface area contributed by atoms with Crippen LogP contribution >= 0.6 is 0 Å². The van der Waals surface area contributed by atoms with Gasteiger partial charge in [0.1, 0.15) is 18.6 Å². The molecule has 0 amide bonds. The molecule has 0 saturated carbocycles. The molecule has 9 heteroatoms. The number of hydrogen-bond acceptors (Lipinski definition) is 9. The van der Waals surface area contributed by atoms with Crippen LogP contribution in [0.4, 0.5) is 0 Å². The standard InChI is InChI=1S/C33H57N3O4.C2H4O.C2H6.CH4O/c1-9-12-28(18-17-25(6)38-27(8)37)35-30-20-24(5)31(39-26(30)7)21-23(4)22(3)16-19-29-14-11-15-33(40-29)36-32(34)13-10-2;1-2-3;2*1-2/h12-13,16-19,22-26,29-31,33,35-36H,9-11,14-15,20-21,34H2,1-8H3;2H,1H3;1-2H3;2H,1H3/b18-17-,19-16+,28-12+,32-13-;;;. The third-order valence-electron chi connectivity index (χ3n) is 8.07. The Hall–Kier alpha value is -2.62. The predicted molar refractivity (Wildman–Crippen MR) is 195 cm³/mol. The van der Waals surface area contributed by atoms with Gasteiger partial charge in [0.05, 0.1) is 30.2 Å². The Labute approximate surface area is 287 Å². The van der Waals surface area contributed by atoms with Crippen molar-refractivity contribution in [2.75, 3.05) is 7.11 Å². The lowest BCUT2D eigenvalue weighted by Crippen LogP contribution is -2.49. The molecule has 9 unspecified atom stereocenters. The van der Waals surface area contributed by atoms with Gasteiger partial charge in [-0.2, -0.15) is 0 Å². The molecule has 5 N–H and O–H groups in total. The van der Waals surface area contributed by atoms with Crippen LogP contribution in [0.2, 0.25) is 0 Å². The van der Waals surface area contributed by atoms with Crippen LogP contribution < -0.4 is 16.4 Å². The predicted octanol–water partition coefficient (Wildman–Crippen LogP) is 7.31. The van der Waals surface area contributed by atoms with Gasteiger partial charge in [-0.05, 0) is 102 Å².